The van der Waals surface area contributed by atoms with Gasteiger partial charge in [0.15, 0.2) is 11.5 Å². The Morgan fingerprint density at radius 2 is 1.57 bits per heavy atom. The van der Waals surface area contributed by atoms with Crippen LogP contribution in [0.3, 0.4) is 0 Å². The molecule has 2 aliphatic rings. The number of pyridine rings is 1. The maximum absolute atomic E-state index is 12.9. The van der Waals surface area contributed by atoms with Gasteiger partial charge in [0.25, 0.3) is 5.91 Å². The molecule has 0 bridgehead atoms. The highest BCUT2D eigenvalue weighted by molar-refractivity contribution is 6.04. The molecule has 47 heavy (non-hydrogen) atoms. The highest BCUT2D eigenvalue weighted by Crippen LogP contribution is 2.33. The van der Waals surface area contributed by atoms with E-state index in [2.05, 4.69) is 21.3 Å². The number of alkyl halides is 3. The van der Waals surface area contributed by atoms with Gasteiger partial charge in [-0.25, -0.2) is 4.98 Å². The quantitative estimate of drug-likeness (QED) is 0.235. The van der Waals surface area contributed by atoms with Crippen molar-refractivity contribution in [3.63, 3.8) is 0 Å². The number of ether oxygens (including phenoxy) is 2. The molecule has 0 aliphatic carbocycles. The molecule has 0 atom stereocenters. The van der Waals surface area contributed by atoms with Crippen molar-refractivity contribution in [3.05, 3.63) is 107 Å². The van der Waals surface area contributed by atoms with E-state index in [1.54, 1.807) is 12.1 Å². The molecule has 244 valence electrons. The molecule has 2 amide bonds. The van der Waals surface area contributed by atoms with Gasteiger partial charge in [-0.3, -0.25) is 14.5 Å². The van der Waals surface area contributed by atoms with Gasteiger partial charge in [-0.2, -0.15) is 13.2 Å². The molecule has 0 radical (unpaired) electrons. The summed E-state index contributed by atoms with van der Waals surface area (Å²) in [6.07, 6.45) is -1.88. The second-order valence-electron chi connectivity index (χ2n) is 11.5. The molecule has 9 nitrogen and oxygen atoms in total. The van der Waals surface area contributed by atoms with Crippen molar-refractivity contribution in [1.29, 1.82) is 0 Å². The van der Waals surface area contributed by atoms with E-state index in [0.717, 1.165) is 66.6 Å². The van der Waals surface area contributed by atoms with Crippen LogP contribution in [0.25, 0.3) is 0 Å². The third-order valence-electron chi connectivity index (χ3n) is 8.34. The van der Waals surface area contributed by atoms with Crippen LogP contribution in [0.15, 0.2) is 85.1 Å². The molecule has 2 aliphatic heterocycles. The lowest BCUT2D eigenvalue weighted by molar-refractivity contribution is -0.137. The van der Waals surface area contributed by atoms with Crippen molar-refractivity contribution in [3.8, 4) is 11.5 Å². The molecule has 0 unspecified atom stereocenters. The minimum Gasteiger partial charge on any atom is -0.454 e. The van der Waals surface area contributed by atoms with Crippen molar-refractivity contribution in [2.24, 2.45) is 0 Å². The van der Waals surface area contributed by atoms with E-state index < -0.39 is 17.6 Å². The molecular formula is C35H34F3N5O4. The summed E-state index contributed by atoms with van der Waals surface area (Å²) in [5, 5.41) is 2.65. The summed E-state index contributed by atoms with van der Waals surface area (Å²) in [6, 6.07) is 21.4. The van der Waals surface area contributed by atoms with Gasteiger partial charge in [0.05, 0.1) is 17.4 Å². The third-order valence-corrected chi connectivity index (χ3v) is 8.34. The normalized spacial score (nSPS) is 14.6. The number of nitrogens with zero attached hydrogens (tertiary/aromatic N) is 4. The Morgan fingerprint density at radius 1 is 0.872 bits per heavy atom. The van der Waals surface area contributed by atoms with Crippen LogP contribution in [0.5, 0.6) is 11.5 Å². The second kappa shape index (κ2) is 13.7. The first kappa shape index (κ1) is 31.9. The van der Waals surface area contributed by atoms with E-state index in [1.165, 1.54) is 11.8 Å². The maximum Gasteiger partial charge on any atom is 0.416 e. The van der Waals surface area contributed by atoms with E-state index in [0.29, 0.717) is 37.4 Å². The number of carbonyl (C=O) groups is 2. The van der Waals surface area contributed by atoms with E-state index in [-0.39, 0.29) is 18.3 Å². The number of aryl methyl sites for hydroxylation is 1. The summed E-state index contributed by atoms with van der Waals surface area (Å²) in [7, 11) is 1.87. The standard InChI is InChI=1S/C35H34F3N5O4/c1-41(32-14-10-28(21-39-32)40-34(45)26-6-8-27(9-7-26)35(36,37)38)29-11-2-24(3-12-29)5-15-33(44)43-18-16-42(17-19-43)22-25-4-13-30-31(20-25)47-23-46-30/h2-4,6-14,20-21H,5,15-19,22-23H2,1H3,(H,40,45). The Labute approximate surface area is 270 Å². The van der Waals surface area contributed by atoms with E-state index in [1.807, 2.05) is 53.2 Å². The van der Waals surface area contributed by atoms with Gasteiger partial charge in [-0.15, -0.1) is 0 Å². The molecule has 1 N–H and O–H groups in total. The number of amides is 2. The minimum absolute atomic E-state index is 0.109. The average molecular weight is 646 g/mol. The molecule has 0 spiro atoms. The van der Waals surface area contributed by atoms with Crippen molar-refractivity contribution in [2.45, 2.75) is 25.6 Å². The van der Waals surface area contributed by atoms with E-state index in [4.69, 9.17) is 9.47 Å². The molecule has 3 aromatic carbocycles. The lowest BCUT2D eigenvalue weighted by atomic mass is 10.1. The Bertz CT molecular complexity index is 1710. The first-order chi connectivity index (χ1) is 22.6. The van der Waals surface area contributed by atoms with Crippen molar-refractivity contribution >= 4 is 29.0 Å². The predicted molar refractivity (Wildman–Crippen MR) is 171 cm³/mol. The summed E-state index contributed by atoms with van der Waals surface area (Å²) >= 11 is 0. The van der Waals surface area contributed by atoms with Gasteiger partial charge < -0.3 is 24.6 Å². The summed E-state index contributed by atoms with van der Waals surface area (Å²) in [5.41, 5.74) is 2.83. The SMILES string of the molecule is CN(c1ccc(CCC(=O)N2CCN(Cc3ccc4c(c3)OCO4)CC2)cc1)c1ccc(NC(=O)c2ccc(C(F)(F)F)cc2)cn1. The molecule has 1 fully saturated rings. The number of hydrogen-bond donors (Lipinski definition) is 1. The molecule has 3 heterocycles. The van der Waals surface area contributed by atoms with Crippen LogP contribution >= 0.6 is 0 Å². The topological polar surface area (TPSA) is 87.2 Å². The van der Waals surface area contributed by atoms with Gasteiger partial charge in [0.2, 0.25) is 12.7 Å². The first-order valence-corrected chi connectivity index (χ1v) is 15.3. The number of rotatable bonds is 9. The van der Waals surface area contributed by atoms with Gasteiger partial charge in [0, 0.05) is 57.4 Å². The van der Waals surface area contributed by atoms with Crippen molar-refractivity contribution < 1.29 is 32.2 Å². The lowest BCUT2D eigenvalue weighted by Gasteiger charge is -2.35. The zero-order valence-electron chi connectivity index (χ0n) is 25.8. The fourth-order valence-electron chi connectivity index (χ4n) is 5.55. The molecule has 4 aromatic rings. The molecule has 1 saturated heterocycles. The third kappa shape index (κ3) is 7.83. The second-order valence-corrected chi connectivity index (χ2v) is 11.5. The van der Waals surface area contributed by atoms with Crippen LogP contribution in [0.4, 0.5) is 30.4 Å². The maximum atomic E-state index is 12.9. The van der Waals surface area contributed by atoms with Crippen LogP contribution in [0, 0.1) is 0 Å². The largest absolute Gasteiger partial charge is 0.454 e. The average Bonchev–Trinajstić information content (AvgIpc) is 3.56. The number of benzene rings is 3. The number of aromatic nitrogens is 1. The smallest absolute Gasteiger partial charge is 0.416 e. The molecule has 0 saturated carbocycles. The number of anilines is 3. The molecule has 1 aromatic heterocycles. The summed E-state index contributed by atoms with van der Waals surface area (Å²) < 4.78 is 49.2. The van der Waals surface area contributed by atoms with Crippen LogP contribution in [0.2, 0.25) is 0 Å². The summed E-state index contributed by atoms with van der Waals surface area (Å²) in [4.78, 5) is 36.0. The number of fused-ring (bicyclic) bond motifs is 1. The van der Waals surface area contributed by atoms with Gasteiger partial charge in [0.1, 0.15) is 5.82 Å². The minimum atomic E-state index is -4.46. The van der Waals surface area contributed by atoms with E-state index in [9.17, 15) is 22.8 Å². The van der Waals surface area contributed by atoms with Crippen molar-refractivity contribution in [1.82, 2.24) is 14.8 Å². The predicted octanol–water partition coefficient (Wildman–Crippen LogP) is 6.13. The highest BCUT2D eigenvalue weighted by atomic mass is 19.4. The van der Waals surface area contributed by atoms with Crippen molar-refractivity contribution in [2.75, 3.05) is 50.2 Å². The zero-order valence-corrected chi connectivity index (χ0v) is 25.8. The zero-order chi connectivity index (χ0) is 33.0. The van der Waals surface area contributed by atoms with Crippen LogP contribution in [-0.2, 0) is 23.9 Å². The van der Waals surface area contributed by atoms with Gasteiger partial charge in [-0.05, 0) is 78.2 Å². The fraction of sp³-hybridized carbons (Fsp3) is 0.286. The van der Waals surface area contributed by atoms with E-state index >= 15 is 0 Å². The molecular weight excluding hydrogens is 611 g/mol. The number of carbonyl (C=O) groups excluding carboxylic acids is 2. The first-order valence-electron chi connectivity index (χ1n) is 15.3. The number of halogens is 3. The van der Waals surface area contributed by atoms with Gasteiger partial charge >= 0.3 is 6.18 Å². The summed E-state index contributed by atoms with van der Waals surface area (Å²) in [6.45, 7) is 4.12. The van der Waals surface area contributed by atoms with Crippen LogP contribution in [-0.4, -0.2) is 66.6 Å². The Kier molecular flexibility index (Phi) is 9.30. The fourth-order valence-corrected chi connectivity index (χ4v) is 5.55. The Hall–Kier alpha value is -5.10. The lowest BCUT2D eigenvalue weighted by Crippen LogP contribution is -2.48. The number of piperazine rings is 1. The Morgan fingerprint density at radius 3 is 2.26 bits per heavy atom. The monoisotopic (exact) mass is 645 g/mol. The van der Waals surface area contributed by atoms with Gasteiger partial charge in [-0.1, -0.05) is 18.2 Å². The molecule has 12 heteroatoms. The number of nitrogens with one attached hydrogen (secondary N) is 1. The van der Waals surface area contributed by atoms with Crippen LogP contribution in [0.1, 0.15) is 33.5 Å². The number of hydrogen-bond acceptors (Lipinski definition) is 7. The Balaban J connectivity index is 0.944. The molecule has 6 rings (SSSR count). The van der Waals surface area contributed by atoms with Crippen LogP contribution < -0.4 is 19.7 Å². The highest BCUT2D eigenvalue weighted by Gasteiger charge is 2.30. The summed E-state index contributed by atoms with van der Waals surface area (Å²) in [5.74, 6) is 1.83.